The SMILES string of the molecule is COc1cc(/C=C2\Sc3ccccc3C2=O)cc(I)c1OC. The highest BCUT2D eigenvalue weighted by molar-refractivity contribution is 14.1. The highest BCUT2D eigenvalue weighted by Crippen LogP contribution is 2.41. The van der Waals surface area contributed by atoms with Gasteiger partial charge in [-0.3, -0.25) is 4.79 Å². The zero-order valence-electron chi connectivity index (χ0n) is 12.1. The monoisotopic (exact) mass is 424 g/mol. The van der Waals surface area contributed by atoms with E-state index in [1.54, 1.807) is 14.2 Å². The van der Waals surface area contributed by atoms with Gasteiger partial charge in [-0.05, 0) is 58.5 Å². The molecular formula is C17H13IO3S. The van der Waals surface area contributed by atoms with Gasteiger partial charge in [0.05, 0.1) is 22.7 Å². The van der Waals surface area contributed by atoms with Gasteiger partial charge in [-0.1, -0.05) is 23.9 Å². The highest BCUT2D eigenvalue weighted by Gasteiger charge is 2.25. The van der Waals surface area contributed by atoms with E-state index in [1.165, 1.54) is 11.8 Å². The Morgan fingerprint density at radius 2 is 1.91 bits per heavy atom. The number of rotatable bonds is 3. The molecule has 0 unspecified atom stereocenters. The van der Waals surface area contributed by atoms with Crippen LogP contribution in [-0.4, -0.2) is 20.0 Å². The van der Waals surface area contributed by atoms with Crippen LogP contribution in [0.3, 0.4) is 0 Å². The van der Waals surface area contributed by atoms with Crippen molar-refractivity contribution in [3.63, 3.8) is 0 Å². The first kappa shape index (κ1) is 15.4. The van der Waals surface area contributed by atoms with Crippen molar-refractivity contribution in [1.82, 2.24) is 0 Å². The molecule has 0 saturated heterocycles. The third kappa shape index (κ3) is 2.75. The number of allylic oxidation sites excluding steroid dienone is 1. The number of Topliss-reactive ketones (excluding diaryl/α,β-unsaturated/α-hetero) is 1. The zero-order valence-corrected chi connectivity index (χ0v) is 15.0. The lowest BCUT2D eigenvalue weighted by Gasteiger charge is -2.10. The lowest BCUT2D eigenvalue weighted by atomic mass is 10.1. The minimum Gasteiger partial charge on any atom is -0.493 e. The van der Waals surface area contributed by atoms with Gasteiger partial charge in [-0.15, -0.1) is 0 Å². The smallest absolute Gasteiger partial charge is 0.200 e. The van der Waals surface area contributed by atoms with Gasteiger partial charge in [0.25, 0.3) is 0 Å². The minimum atomic E-state index is 0.0744. The molecule has 0 atom stereocenters. The quantitative estimate of drug-likeness (QED) is 0.532. The van der Waals surface area contributed by atoms with Crippen molar-refractivity contribution in [3.05, 3.63) is 56.0 Å². The van der Waals surface area contributed by atoms with Crippen LogP contribution >= 0.6 is 34.4 Å². The third-order valence-electron chi connectivity index (χ3n) is 3.33. The Kier molecular flexibility index (Phi) is 4.44. The Labute approximate surface area is 146 Å². The molecule has 2 aromatic rings. The zero-order chi connectivity index (χ0) is 15.7. The van der Waals surface area contributed by atoms with Crippen LogP contribution < -0.4 is 9.47 Å². The largest absolute Gasteiger partial charge is 0.493 e. The summed E-state index contributed by atoms with van der Waals surface area (Å²) in [6, 6.07) is 11.5. The number of hydrogen-bond acceptors (Lipinski definition) is 4. The molecule has 1 aliphatic heterocycles. The molecule has 0 bridgehead atoms. The first-order valence-electron chi connectivity index (χ1n) is 6.59. The molecule has 0 fully saturated rings. The molecule has 0 spiro atoms. The Balaban J connectivity index is 2.01. The number of hydrogen-bond donors (Lipinski definition) is 0. The van der Waals surface area contributed by atoms with Crippen LogP contribution in [0.1, 0.15) is 15.9 Å². The van der Waals surface area contributed by atoms with E-state index in [-0.39, 0.29) is 5.78 Å². The van der Waals surface area contributed by atoms with Gasteiger partial charge < -0.3 is 9.47 Å². The fourth-order valence-corrected chi connectivity index (χ4v) is 4.21. The summed E-state index contributed by atoms with van der Waals surface area (Å²) in [6.07, 6.45) is 1.90. The molecule has 1 aliphatic rings. The Hall–Kier alpha value is -1.47. The lowest BCUT2D eigenvalue weighted by molar-refractivity contribution is 0.104. The first-order valence-corrected chi connectivity index (χ1v) is 8.48. The van der Waals surface area contributed by atoms with E-state index >= 15 is 0 Å². The number of benzene rings is 2. The second kappa shape index (κ2) is 6.34. The summed E-state index contributed by atoms with van der Waals surface area (Å²) in [4.78, 5) is 14.2. The van der Waals surface area contributed by atoms with E-state index in [0.29, 0.717) is 11.5 Å². The lowest BCUT2D eigenvalue weighted by Crippen LogP contribution is -1.96. The Bertz CT molecular complexity index is 783. The predicted octanol–water partition coefficient (Wildman–Crippen LogP) is 4.64. The molecule has 22 heavy (non-hydrogen) atoms. The highest BCUT2D eigenvalue weighted by atomic mass is 127. The van der Waals surface area contributed by atoms with Crippen molar-refractivity contribution in [3.8, 4) is 11.5 Å². The molecule has 112 valence electrons. The van der Waals surface area contributed by atoms with Gasteiger partial charge in [0.1, 0.15) is 0 Å². The molecule has 3 rings (SSSR count). The number of methoxy groups -OCH3 is 2. The summed E-state index contributed by atoms with van der Waals surface area (Å²) in [7, 11) is 3.22. The molecular weight excluding hydrogens is 411 g/mol. The van der Waals surface area contributed by atoms with Gasteiger partial charge in [-0.25, -0.2) is 0 Å². The van der Waals surface area contributed by atoms with Gasteiger partial charge in [0.2, 0.25) is 5.78 Å². The Morgan fingerprint density at radius 1 is 1.14 bits per heavy atom. The van der Waals surface area contributed by atoms with Crippen LogP contribution in [0.15, 0.2) is 46.2 Å². The van der Waals surface area contributed by atoms with Crippen molar-refractivity contribution in [2.45, 2.75) is 4.90 Å². The third-order valence-corrected chi connectivity index (χ3v) is 5.23. The molecule has 0 aromatic heterocycles. The molecule has 2 aromatic carbocycles. The topological polar surface area (TPSA) is 35.5 Å². The van der Waals surface area contributed by atoms with Gasteiger partial charge in [0.15, 0.2) is 11.5 Å². The van der Waals surface area contributed by atoms with E-state index in [1.807, 2.05) is 42.5 Å². The van der Waals surface area contributed by atoms with Crippen molar-refractivity contribution >= 4 is 46.2 Å². The first-order chi connectivity index (χ1) is 10.6. The molecule has 0 radical (unpaired) electrons. The van der Waals surface area contributed by atoms with Crippen molar-refractivity contribution in [2.75, 3.05) is 14.2 Å². The molecule has 0 saturated carbocycles. The van der Waals surface area contributed by atoms with E-state index in [0.717, 1.165) is 24.5 Å². The molecule has 0 N–H and O–H groups in total. The fraction of sp³-hybridized carbons (Fsp3) is 0.118. The van der Waals surface area contributed by atoms with Crippen LogP contribution in [0.5, 0.6) is 11.5 Å². The van der Waals surface area contributed by atoms with Crippen LogP contribution in [0, 0.1) is 3.57 Å². The minimum absolute atomic E-state index is 0.0744. The number of ketones is 1. The number of ether oxygens (including phenoxy) is 2. The molecule has 3 nitrogen and oxygen atoms in total. The average Bonchev–Trinajstić information content (AvgIpc) is 2.83. The van der Waals surface area contributed by atoms with E-state index in [2.05, 4.69) is 22.6 Å². The second-order valence-electron chi connectivity index (χ2n) is 4.67. The number of carbonyl (C=O) groups excluding carboxylic acids is 1. The number of thioether (sulfide) groups is 1. The summed E-state index contributed by atoms with van der Waals surface area (Å²) in [6.45, 7) is 0. The average molecular weight is 424 g/mol. The summed E-state index contributed by atoms with van der Waals surface area (Å²) in [5.74, 6) is 1.44. The van der Waals surface area contributed by atoms with E-state index in [9.17, 15) is 4.79 Å². The van der Waals surface area contributed by atoms with Crippen molar-refractivity contribution in [2.24, 2.45) is 0 Å². The van der Waals surface area contributed by atoms with Crippen LogP contribution in [0.2, 0.25) is 0 Å². The summed E-state index contributed by atoms with van der Waals surface area (Å²) < 4.78 is 11.6. The standard InChI is InChI=1S/C17H13IO3S/c1-20-13-8-10(7-12(18)17(13)21-2)9-15-16(19)11-5-3-4-6-14(11)22-15/h3-9H,1-2H3/b15-9-. The summed E-state index contributed by atoms with van der Waals surface area (Å²) in [5.41, 5.74) is 1.69. The second-order valence-corrected chi connectivity index (χ2v) is 6.92. The van der Waals surface area contributed by atoms with Gasteiger partial charge in [-0.2, -0.15) is 0 Å². The molecule has 0 aliphatic carbocycles. The van der Waals surface area contributed by atoms with E-state index < -0.39 is 0 Å². The summed E-state index contributed by atoms with van der Waals surface area (Å²) >= 11 is 3.71. The summed E-state index contributed by atoms with van der Waals surface area (Å²) in [5, 5.41) is 0. The van der Waals surface area contributed by atoms with E-state index in [4.69, 9.17) is 9.47 Å². The van der Waals surface area contributed by atoms with Crippen LogP contribution in [-0.2, 0) is 0 Å². The van der Waals surface area contributed by atoms with Crippen LogP contribution in [0.4, 0.5) is 0 Å². The van der Waals surface area contributed by atoms with Crippen LogP contribution in [0.25, 0.3) is 6.08 Å². The number of fused-ring (bicyclic) bond motifs is 1. The predicted molar refractivity (Wildman–Crippen MR) is 96.9 cm³/mol. The number of carbonyl (C=O) groups is 1. The maximum Gasteiger partial charge on any atom is 0.200 e. The Morgan fingerprint density at radius 3 is 2.59 bits per heavy atom. The normalized spacial score (nSPS) is 15.0. The number of halogens is 1. The van der Waals surface area contributed by atoms with Gasteiger partial charge in [0, 0.05) is 10.5 Å². The molecule has 0 amide bonds. The maximum absolute atomic E-state index is 12.4. The molecule has 5 heteroatoms. The molecule has 1 heterocycles. The maximum atomic E-state index is 12.4. The van der Waals surface area contributed by atoms with Crippen molar-refractivity contribution < 1.29 is 14.3 Å². The fourth-order valence-electron chi connectivity index (χ4n) is 2.31. The van der Waals surface area contributed by atoms with Crippen molar-refractivity contribution in [1.29, 1.82) is 0 Å². The van der Waals surface area contributed by atoms with Gasteiger partial charge >= 0.3 is 0 Å².